The summed E-state index contributed by atoms with van der Waals surface area (Å²) in [4.78, 5) is 24.4. The third-order valence-corrected chi connectivity index (χ3v) is 6.10. The Balaban J connectivity index is 1.72. The molecule has 2 aliphatic heterocycles. The van der Waals surface area contributed by atoms with Crippen molar-refractivity contribution in [2.75, 3.05) is 16.8 Å². The molecule has 1 fully saturated rings. The summed E-state index contributed by atoms with van der Waals surface area (Å²) in [5.41, 5.74) is -0.656. The van der Waals surface area contributed by atoms with Gasteiger partial charge in [-0.3, -0.25) is 9.59 Å². The van der Waals surface area contributed by atoms with Gasteiger partial charge in [0.05, 0.1) is 23.1 Å². The molecule has 7 nitrogen and oxygen atoms in total. The number of sulfone groups is 1. The Morgan fingerprint density at radius 1 is 1.19 bits per heavy atom. The summed E-state index contributed by atoms with van der Waals surface area (Å²) in [5, 5.41) is 7.50. The molecule has 0 saturated carbocycles. The number of hydrogen-bond donors (Lipinski definition) is 1. The molecule has 27 heavy (non-hydrogen) atoms. The van der Waals surface area contributed by atoms with Gasteiger partial charge in [-0.2, -0.15) is 18.3 Å². The van der Waals surface area contributed by atoms with E-state index in [4.69, 9.17) is 0 Å². The molecule has 0 aromatic heterocycles. The number of carbonyl (C=O) groups is 2. The predicted molar refractivity (Wildman–Crippen MR) is 90.6 cm³/mol. The first kappa shape index (κ1) is 19.3. The molecule has 1 aromatic carbocycles. The van der Waals surface area contributed by atoms with Crippen molar-refractivity contribution in [1.29, 1.82) is 0 Å². The lowest BCUT2D eigenvalue weighted by Gasteiger charge is -2.27. The second-order valence-corrected chi connectivity index (χ2v) is 8.60. The fourth-order valence-electron chi connectivity index (χ4n) is 2.93. The molecule has 2 heterocycles. The van der Waals surface area contributed by atoms with Crippen molar-refractivity contribution >= 4 is 33.1 Å². The fourth-order valence-corrected chi connectivity index (χ4v) is 4.63. The van der Waals surface area contributed by atoms with E-state index in [1.807, 2.05) is 0 Å². The van der Waals surface area contributed by atoms with E-state index in [9.17, 15) is 31.2 Å². The molecule has 1 N–H and O–H groups in total. The van der Waals surface area contributed by atoms with E-state index in [2.05, 4.69) is 10.4 Å². The van der Waals surface area contributed by atoms with Crippen LogP contribution in [-0.4, -0.2) is 48.5 Å². The third-order valence-electron chi connectivity index (χ3n) is 4.35. The summed E-state index contributed by atoms with van der Waals surface area (Å²) in [6, 6.07) is 3.33. The highest BCUT2D eigenvalue weighted by Crippen LogP contribution is 2.30. The first-order valence-corrected chi connectivity index (χ1v) is 9.96. The molecule has 2 aliphatic rings. The van der Waals surface area contributed by atoms with Crippen molar-refractivity contribution in [3.8, 4) is 0 Å². The standard InChI is InChI=1S/C16H16F3N3O4S/c17-16(18,19)10-1-3-11(4-2-10)20-15(24)13-5-6-14(23)22(21-13)12-7-8-27(25,26)9-12/h1-4,12H,5-9H2,(H,20,24)/t12-/m0/s1. The van der Waals surface area contributed by atoms with Crippen LogP contribution in [0, 0.1) is 0 Å². The third kappa shape index (κ3) is 4.46. The number of nitrogens with one attached hydrogen (secondary N) is 1. The minimum atomic E-state index is -4.47. The SMILES string of the molecule is O=C(Nc1ccc(C(F)(F)F)cc1)C1=NN([C@H]2CCS(=O)(=O)C2)C(=O)CC1. The normalized spacial score (nSPS) is 22.5. The van der Waals surface area contributed by atoms with Gasteiger partial charge in [-0.15, -0.1) is 0 Å². The maximum absolute atomic E-state index is 12.6. The summed E-state index contributed by atoms with van der Waals surface area (Å²) in [5.74, 6) is -1.24. The fraction of sp³-hybridized carbons (Fsp3) is 0.438. The topological polar surface area (TPSA) is 95.9 Å². The molecule has 1 saturated heterocycles. The van der Waals surface area contributed by atoms with Crippen LogP contribution in [0.5, 0.6) is 0 Å². The minimum absolute atomic E-state index is 0.00973. The quantitative estimate of drug-likeness (QED) is 0.833. The zero-order valence-corrected chi connectivity index (χ0v) is 14.8. The van der Waals surface area contributed by atoms with Crippen LogP contribution in [0.4, 0.5) is 18.9 Å². The highest BCUT2D eigenvalue weighted by atomic mass is 32.2. The molecule has 0 unspecified atom stereocenters. The molecule has 1 atom stereocenters. The van der Waals surface area contributed by atoms with Crippen LogP contribution in [0.15, 0.2) is 29.4 Å². The number of anilines is 1. The van der Waals surface area contributed by atoms with Gasteiger partial charge in [0, 0.05) is 18.5 Å². The lowest BCUT2D eigenvalue weighted by Crippen LogP contribution is -2.42. The van der Waals surface area contributed by atoms with Crippen LogP contribution in [0.2, 0.25) is 0 Å². The number of benzene rings is 1. The van der Waals surface area contributed by atoms with Crippen molar-refractivity contribution in [3.63, 3.8) is 0 Å². The first-order valence-electron chi connectivity index (χ1n) is 8.14. The minimum Gasteiger partial charge on any atom is -0.321 e. The van der Waals surface area contributed by atoms with Crippen LogP contribution in [0.1, 0.15) is 24.8 Å². The van der Waals surface area contributed by atoms with E-state index >= 15 is 0 Å². The van der Waals surface area contributed by atoms with Gasteiger partial charge >= 0.3 is 6.18 Å². The molecule has 3 rings (SSSR count). The summed E-state index contributed by atoms with van der Waals surface area (Å²) < 4.78 is 60.9. The van der Waals surface area contributed by atoms with Gasteiger partial charge in [0.1, 0.15) is 5.71 Å². The van der Waals surface area contributed by atoms with E-state index in [0.717, 1.165) is 29.3 Å². The summed E-state index contributed by atoms with van der Waals surface area (Å²) in [7, 11) is -3.23. The van der Waals surface area contributed by atoms with Gasteiger partial charge in [-0.1, -0.05) is 0 Å². The Bertz CT molecular complexity index is 894. The van der Waals surface area contributed by atoms with Crippen molar-refractivity contribution in [2.45, 2.75) is 31.5 Å². The molecular formula is C16H16F3N3O4S. The summed E-state index contributed by atoms with van der Waals surface area (Å²) in [6.07, 6.45) is -4.14. The molecule has 0 radical (unpaired) electrons. The molecule has 0 bridgehead atoms. The Kier molecular flexibility index (Phi) is 4.98. The largest absolute Gasteiger partial charge is 0.416 e. The second-order valence-electron chi connectivity index (χ2n) is 6.37. The van der Waals surface area contributed by atoms with Crippen LogP contribution in [0.3, 0.4) is 0 Å². The molecule has 0 spiro atoms. The van der Waals surface area contributed by atoms with Crippen molar-refractivity contribution < 1.29 is 31.2 Å². The summed E-state index contributed by atoms with van der Waals surface area (Å²) >= 11 is 0. The number of hydrazone groups is 1. The number of nitrogens with zero attached hydrogens (tertiary/aromatic N) is 2. The lowest BCUT2D eigenvalue weighted by molar-refractivity contribution is -0.137. The van der Waals surface area contributed by atoms with Crippen LogP contribution >= 0.6 is 0 Å². The van der Waals surface area contributed by atoms with Gasteiger partial charge in [0.15, 0.2) is 9.84 Å². The van der Waals surface area contributed by atoms with Gasteiger partial charge in [-0.25, -0.2) is 13.4 Å². The van der Waals surface area contributed by atoms with Crippen LogP contribution in [0.25, 0.3) is 0 Å². The highest BCUT2D eigenvalue weighted by molar-refractivity contribution is 7.91. The number of hydrogen-bond acceptors (Lipinski definition) is 5. The van der Waals surface area contributed by atoms with Gasteiger partial charge < -0.3 is 5.32 Å². The highest BCUT2D eigenvalue weighted by Gasteiger charge is 2.37. The molecule has 11 heteroatoms. The number of amides is 2. The van der Waals surface area contributed by atoms with E-state index in [0.29, 0.717) is 0 Å². The zero-order chi connectivity index (χ0) is 19.8. The van der Waals surface area contributed by atoms with E-state index in [1.165, 1.54) is 0 Å². The summed E-state index contributed by atoms with van der Waals surface area (Å²) in [6.45, 7) is 0. The smallest absolute Gasteiger partial charge is 0.321 e. The average molecular weight is 403 g/mol. The maximum atomic E-state index is 12.6. The number of alkyl halides is 3. The molecular weight excluding hydrogens is 387 g/mol. The molecule has 2 amide bonds. The Morgan fingerprint density at radius 3 is 2.41 bits per heavy atom. The number of halogens is 3. The van der Waals surface area contributed by atoms with E-state index < -0.39 is 33.5 Å². The number of carbonyl (C=O) groups excluding carboxylic acids is 2. The maximum Gasteiger partial charge on any atom is 0.416 e. The molecule has 1 aromatic rings. The Morgan fingerprint density at radius 2 is 1.85 bits per heavy atom. The Labute approximate surface area is 153 Å². The monoisotopic (exact) mass is 403 g/mol. The lowest BCUT2D eigenvalue weighted by atomic mass is 10.1. The molecule has 0 aliphatic carbocycles. The first-order chi connectivity index (χ1) is 12.5. The van der Waals surface area contributed by atoms with Crippen molar-refractivity contribution in [1.82, 2.24) is 5.01 Å². The van der Waals surface area contributed by atoms with Gasteiger partial charge in [-0.05, 0) is 30.7 Å². The second kappa shape index (κ2) is 6.95. The van der Waals surface area contributed by atoms with Crippen LogP contribution < -0.4 is 5.32 Å². The predicted octanol–water partition coefficient (Wildman–Crippen LogP) is 1.81. The van der Waals surface area contributed by atoms with E-state index in [1.54, 1.807) is 0 Å². The van der Waals surface area contributed by atoms with Gasteiger partial charge in [0.2, 0.25) is 5.91 Å². The zero-order valence-electron chi connectivity index (χ0n) is 14.0. The Hall–Kier alpha value is -2.43. The molecule has 146 valence electrons. The van der Waals surface area contributed by atoms with Crippen molar-refractivity contribution in [2.24, 2.45) is 5.10 Å². The number of rotatable bonds is 3. The van der Waals surface area contributed by atoms with Gasteiger partial charge in [0.25, 0.3) is 5.91 Å². The van der Waals surface area contributed by atoms with Crippen LogP contribution in [-0.2, 0) is 25.6 Å². The van der Waals surface area contributed by atoms with Crippen molar-refractivity contribution in [3.05, 3.63) is 29.8 Å². The van der Waals surface area contributed by atoms with E-state index in [-0.39, 0.29) is 48.1 Å². The average Bonchev–Trinajstić information content (AvgIpc) is 2.94.